The Balaban J connectivity index is 1.36. The topological polar surface area (TPSA) is 74.2 Å². The number of nitrogens with one attached hydrogen (secondary N) is 2. The highest BCUT2D eigenvalue weighted by atomic mass is 35.5. The number of aromatic nitrogens is 1. The summed E-state index contributed by atoms with van der Waals surface area (Å²) in [7, 11) is 0. The van der Waals surface area contributed by atoms with Crippen molar-refractivity contribution in [3.05, 3.63) is 65.1 Å². The average Bonchev–Trinajstić information content (AvgIpc) is 2.71. The monoisotopic (exact) mass is 413 g/mol. The maximum atomic E-state index is 13.4. The quantitative estimate of drug-likeness (QED) is 0.569. The van der Waals surface area contributed by atoms with Crippen molar-refractivity contribution in [3.63, 3.8) is 0 Å². The van der Waals surface area contributed by atoms with E-state index in [9.17, 15) is 14.3 Å². The van der Waals surface area contributed by atoms with E-state index in [0.717, 1.165) is 54.4 Å². The van der Waals surface area contributed by atoms with Crippen LogP contribution in [0.2, 0.25) is 5.02 Å². The van der Waals surface area contributed by atoms with Crippen LogP contribution < -0.4 is 10.6 Å². The standard InChI is InChI=1S/C22H21ClFN3O2/c23-13-1-7-17-19(9-10-25-20(17)11-13)26-15-3-5-16(6-4-15)27-22(29)18-12-14(24)2-8-21(18)28/h1-2,7-12,15-16,28H,3-6H2,(H,25,26)(H,27,29). The van der Waals surface area contributed by atoms with Gasteiger partial charge in [-0.05, 0) is 68.1 Å². The summed E-state index contributed by atoms with van der Waals surface area (Å²) in [6.45, 7) is 0. The first-order valence-corrected chi connectivity index (χ1v) is 9.97. The van der Waals surface area contributed by atoms with Crippen LogP contribution in [0.25, 0.3) is 10.9 Å². The van der Waals surface area contributed by atoms with E-state index in [1.54, 1.807) is 6.20 Å². The van der Waals surface area contributed by atoms with Gasteiger partial charge < -0.3 is 15.7 Å². The summed E-state index contributed by atoms with van der Waals surface area (Å²) in [6, 6.07) is 11.3. The summed E-state index contributed by atoms with van der Waals surface area (Å²) in [5, 5.41) is 18.0. The van der Waals surface area contributed by atoms with Gasteiger partial charge in [0.15, 0.2) is 0 Å². The van der Waals surface area contributed by atoms with Crippen LogP contribution in [-0.2, 0) is 0 Å². The van der Waals surface area contributed by atoms with Crippen LogP contribution in [0.5, 0.6) is 5.75 Å². The van der Waals surface area contributed by atoms with Crippen molar-refractivity contribution in [1.82, 2.24) is 10.3 Å². The van der Waals surface area contributed by atoms with Gasteiger partial charge in [0, 0.05) is 34.4 Å². The second-order valence-electron chi connectivity index (χ2n) is 7.35. The van der Waals surface area contributed by atoms with Crippen molar-refractivity contribution in [3.8, 4) is 5.75 Å². The fourth-order valence-electron chi connectivity index (χ4n) is 3.80. The lowest BCUT2D eigenvalue weighted by molar-refractivity contribution is 0.0923. The predicted octanol–water partition coefficient (Wildman–Crippen LogP) is 4.89. The number of benzene rings is 2. The number of phenols is 1. The lowest BCUT2D eigenvalue weighted by atomic mass is 9.90. The molecular formula is C22H21ClFN3O2. The Bertz CT molecular complexity index is 1050. The third-order valence-corrected chi connectivity index (χ3v) is 5.57. The van der Waals surface area contributed by atoms with E-state index in [2.05, 4.69) is 15.6 Å². The number of hydrogen-bond acceptors (Lipinski definition) is 4. The van der Waals surface area contributed by atoms with Crippen molar-refractivity contribution >= 4 is 34.1 Å². The summed E-state index contributed by atoms with van der Waals surface area (Å²) in [4.78, 5) is 16.7. The minimum Gasteiger partial charge on any atom is -0.507 e. The van der Waals surface area contributed by atoms with E-state index in [1.165, 1.54) is 6.07 Å². The molecule has 1 heterocycles. The second-order valence-corrected chi connectivity index (χ2v) is 7.78. The van der Waals surface area contributed by atoms with Crippen molar-refractivity contribution < 1.29 is 14.3 Å². The second kappa shape index (κ2) is 8.25. The number of halogens is 2. The van der Waals surface area contributed by atoms with Gasteiger partial charge in [-0.1, -0.05) is 11.6 Å². The normalized spacial score (nSPS) is 19.1. The van der Waals surface area contributed by atoms with Gasteiger partial charge >= 0.3 is 0 Å². The molecule has 3 aromatic rings. The number of hydrogen-bond donors (Lipinski definition) is 3. The molecule has 1 aliphatic carbocycles. The Morgan fingerprint density at radius 1 is 1.07 bits per heavy atom. The van der Waals surface area contributed by atoms with Crippen molar-refractivity contribution in [2.45, 2.75) is 37.8 Å². The lowest BCUT2D eigenvalue weighted by Gasteiger charge is -2.30. The highest BCUT2D eigenvalue weighted by molar-refractivity contribution is 6.31. The van der Waals surface area contributed by atoms with Crippen molar-refractivity contribution in [2.75, 3.05) is 5.32 Å². The van der Waals surface area contributed by atoms with Gasteiger partial charge in [-0.2, -0.15) is 0 Å². The molecule has 0 unspecified atom stereocenters. The molecule has 5 nitrogen and oxygen atoms in total. The van der Waals surface area contributed by atoms with E-state index in [-0.39, 0.29) is 23.4 Å². The van der Waals surface area contributed by atoms with E-state index in [0.29, 0.717) is 5.02 Å². The number of amides is 1. The molecule has 1 aromatic heterocycles. The number of aromatic hydroxyl groups is 1. The van der Waals surface area contributed by atoms with Crippen LogP contribution >= 0.6 is 11.6 Å². The van der Waals surface area contributed by atoms with Gasteiger partial charge in [0.1, 0.15) is 11.6 Å². The Kier molecular flexibility index (Phi) is 5.53. The van der Waals surface area contributed by atoms with Gasteiger partial charge in [0.25, 0.3) is 5.91 Å². The SMILES string of the molecule is O=C(NC1CCC(Nc2ccnc3cc(Cl)ccc23)CC1)c1cc(F)ccc1O. The predicted molar refractivity (Wildman–Crippen MR) is 112 cm³/mol. The minimum atomic E-state index is -0.549. The molecule has 1 fully saturated rings. The van der Waals surface area contributed by atoms with E-state index in [1.807, 2.05) is 24.3 Å². The molecule has 0 aliphatic heterocycles. The van der Waals surface area contributed by atoms with Gasteiger partial charge in [-0.25, -0.2) is 4.39 Å². The molecule has 0 atom stereocenters. The van der Waals surface area contributed by atoms with Crippen molar-refractivity contribution in [2.24, 2.45) is 0 Å². The molecule has 3 N–H and O–H groups in total. The van der Waals surface area contributed by atoms with Crippen LogP contribution in [0.4, 0.5) is 10.1 Å². The minimum absolute atomic E-state index is 0.00351. The highest BCUT2D eigenvalue weighted by Gasteiger charge is 2.24. The molecule has 1 saturated carbocycles. The Morgan fingerprint density at radius 2 is 1.83 bits per heavy atom. The number of carbonyl (C=O) groups excluding carboxylic acids is 1. The molecule has 2 aromatic carbocycles. The maximum absolute atomic E-state index is 13.4. The Morgan fingerprint density at radius 3 is 2.62 bits per heavy atom. The van der Waals surface area contributed by atoms with Gasteiger partial charge in [0.05, 0.1) is 11.1 Å². The molecular weight excluding hydrogens is 393 g/mol. The molecule has 0 radical (unpaired) electrons. The number of carbonyl (C=O) groups is 1. The number of phenolic OH excluding ortho intramolecular Hbond substituents is 1. The molecule has 29 heavy (non-hydrogen) atoms. The smallest absolute Gasteiger partial charge is 0.255 e. The van der Waals surface area contributed by atoms with E-state index in [4.69, 9.17) is 11.6 Å². The summed E-state index contributed by atoms with van der Waals surface area (Å²) in [6.07, 6.45) is 5.13. The van der Waals surface area contributed by atoms with E-state index >= 15 is 0 Å². The third-order valence-electron chi connectivity index (χ3n) is 5.33. The molecule has 1 aliphatic rings. The van der Waals surface area contributed by atoms with Crippen molar-refractivity contribution in [1.29, 1.82) is 0 Å². The summed E-state index contributed by atoms with van der Waals surface area (Å²) < 4.78 is 13.4. The van der Waals surface area contributed by atoms with Crippen LogP contribution in [0.1, 0.15) is 36.0 Å². The first-order valence-electron chi connectivity index (χ1n) is 9.60. The summed E-state index contributed by atoms with van der Waals surface area (Å²) in [5.41, 5.74) is 1.83. The largest absolute Gasteiger partial charge is 0.507 e. The van der Waals surface area contributed by atoms with E-state index < -0.39 is 11.7 Å². The number of anilines is 1. The zero-order valence-corrected chi connectivity index (χ0v) is 16.4. The first-order chi connectivity index (χ1) is 14.0. The lowest BCUT2D eigenvalue weighted by Crippen LogP contribution is -2.40. The number of fused-ring (bicyclic) bond motifs is 1. The molecule has 0 bridgehead atoms. The van der Waals surface area contributed by atoms with Crippen LogP contribution in [0, 0.1) is 5.82 Å². The van der Waals surface area contributed by atoms with Gasteiger partial charge in [-0.15, -0.1) is 0 Å². The molecule has 7 heteroatoms. The fraction of sp³-hybridized carbons (Fsp3) is 0.273. The number of pyridine rings is 1. The average molecular weight is 414 g/mol. The highest BCUT2D eigenvalue weighted by Crippen LogP contribution is 2.28. The molecule has 0 saturated heterocycles. The fourth-order valence-corrected chi connectivity index (χ4v) is 3.97. The van der Waals surface area contributed by atoms with Crippen LogP contribution in [-0.4, -0.2) is 28.1 Å². The third kappa shape index (κ3) is 4.43. The zero-order chi connectivity index (χ0) is 20.4. The Hall–Kier alpha value is -2.86. The summed E-state index contributed by atoms with van der Waals surface area (Å²) in [5.74, 6) is -1.22. The zero-order valence-electron chi connectivity index (χ0n) is 15.7. The van der Waals surface area contributed by atoms with Gasteiger partial charge in [0.2, 0.25) is 0 Å². The summed E-state index contributed by atoms with van der Waals surface area (Å²) >= 11 is 6.05. The molecule has 0 spiro atoms. The first kappa shape index (κ1) is 19.5. The molecule has 1 amide bonds. The number of rotatable bonds is 4. The van der Waals surface area contributed by atoms with Gasteiger partial charge in [-0.3, -0.25) is 9.78 Å². The molecule has 150 valence electrons. The van der Waals surface area contributed by atoms with Crippen LogP contribution in [0.15, 0.2) is 48.7 Å². The molecule has 4 rings (SSSR count). The number of nitrogens with zero attached hydrogens (tertiary/aromatic N) is 1. The van der Waals surface area contributed by atoms with Crippen LogP contribution in [0.3, 0.4) is 0 Å². The Labute approximate surface area is 172 Å². The maximum Gasteiger partial charge on any atom is 0.255 e.